The average molecular weight is 277 g/mol. The molecular formula is C13H10ClFN4. The summed E-state index contributed by atoms with van der Waals surface area (Å²) in [6.45, 7) is 1.87. The summed E-state index contributed by atoms with van der Waals surface area (Å²) in [6, 6.07) is 8.14. The minimum atomic E-state index is -0.506. The molecule has 19 heavy (non-hydrogen) atoms. The van der Waals surface area contributed by atoms with Crippen molar-refractivity contribution in [2.75, 3.05) is 5.73 Å². The third-order valence-electron chi connectivity index (χ3n) is 2.83. The molecule has 1 aromatic carbocycles. The van der Waals surface area contributed by atoms with Crippen LogP contribution < -0.4 is 5.73 Å². The lowest BCUT2D eigenvalue weighted by atomic mass is 10.3. The number of hydrogen-bond acceptors (Lipinski definition) is 3. The number of nitrogen functional groups attached to an aromatic ring is 1. The lowest BCUT2D eigenvalue weighted by Gasteiger charge is -2.06. The van der Waals surface area contributed by atoms with Gasteiger partial charge in [-0.2, -0.15) is 0 Å². The van der Waals surface area contributed by atoms with Crippen molar-refractivity contribution in [3.05, 3.63) is 46.9 Å². The highest BCUT2D eigenvalue weighted by Gasteiger charge is 2.12. The highest BCUT2D eigenvalue weighted by molar-refractivity contribution is 6.30. The maximum absolute atomic E-state index is 13.6. The van der Waals surface area contributed by atoms with E-state index in [1.165, 1.54) is 12.1 Å². The van der Waals surface area contributed by atoms with Crippen LogP contribution in [0.15, 0.2) is 30.3 Å². The molecule has 2 N–H and O–H groups in total. The van der Waals surface area contributed by atoms with Crippen molar-refractivity contribution < 1.29 is 4.39 Å². The number of halogens is 2. The molecule has 4 nitrogen and oxygen atoms in total. The largest absolute Gasteiger partial charge is 0.369 e. The molecule has 0 aliphatic carbocycles. The van der Waals surface area contributed by atoms with Crippen molar-refractivity contribution in [3.8, 4) is 5.69 Å². The molecule has 2 heterocycles. The smallest absolute Gasteiger partial charge is 0.207 e. The number of imidazole rings is 1. The summed E-state index contributed by atoms with van der Waals surface area (Å²) < 4.78 is 15.2. The Balaban J connectivity index is 2.31. The van der Waals surface area contributed by atoms with E-state index in [2.05, 4.69) is 9.97 Å². The van der Waals surface area contributed by atoms with Crippen LogP contribution in [0, 0.1) is 12.7 Å². The fourth-order valence-corrected chi connectivity index (χ4v) is 2.07. The Morgan fingerprint density at radius 2 is 2.00 bits per heavy atom. The van der Waals surface area contributed by atoms with Crippen molar-refractivity contribution in [1.29, 1.82) is 0 Å². The van der Waals surface area contributed by atoms with E-state index in [1.54, 1.807) is 10.6 Å². The van der Waals surface area contributed by atoms with E-state index >= 15 is 0 Å². The fourth-order valence-electron chi connectivity index (χ4n) is 1.95. The number of benzene rings is 1. The van der Waals surface area contributed by atoms with E-state index in [0.29, 0.717) is 16.9 Å². The van der Waals surface area contributed by atoms with Crippen molar-refractivity contribution in [2.24, 2.45) is 0 Å². The molecule has 0 fully saturated rings. The zero-order chi connectivity index (χ0) is 13.6. The topological polar surface area (TPSA) is 56.7 Å². The number of nitrogens with zero attached hydrogens (tertiary/aromatic N) is 3. The summed E-state index contributed by atoms with van der Waals surface area (Å²) in [5.74, 6) is -0.247. The molecule has 0 saturated carbocycles. The highest BCUT2D eigenvalue weighted by Crippen LogP contribution is 2.24. The number of nitrogens with two attached hydrogens (primary N) is 1. The Hall–Kier alpha value is -2.14. The lowest BCUT2D eigenvalue weighted by Crippen LogP contribution is -2.02. The van der Waals surface area contributed by atoms with Gasteiger partial charge >= 0.3 is 0 Å². The molecule has 0 saturated heterocycles. The van der Waals surface area contributed by atoms with E-state index in [0.717, 1.165) is 5.69 Å². The summed E-state index contributed by atoms with van der Waals surface area (Å²) in [4.78, 5) is 8.60. The van der Waals surface area contributed by atoms with Crippen molar-refractivity contribution >= 4 is 28.7 Å². The van der Waals surface area contributed by atoms with Gasteiger partial charge in [0.15, 0.2) is 5.65 Å². The van der Waals surface area contributed by atoms with Crippen LogP contribution in [0.25, 0.3) is 16.9 Å². The Labute approximate surface area is 113 Å². The molecule has 0 unspecified atom stereocenters. The van der Waals surface area contributed by atoms with Crippen LogP contribution in [-0.2, 0) is 0 Å². The monoisotopic (exact) mass is 276 g/mol. The number of fused-ring (bicyclic) bond motifs is 1. The molecule has 3 aromatic rings. The van der Waals surface area contributed by atoms with Crippen molar-refractivity contribution in [2.45, 2.75) is 6.92 Å². The van der Waals surface area contributed by atoms with Crippen LogP contribution in [0.3, 0.4) is 0 Å². The summed E-state index contributed by atoms with van der Waals surface area (Å²) in [5, 5.41) is 0.0656. The first kappa shape index (κ1) is 11.9. The van der Waals surface area contributed by atoms with Gasteiger partial charge in [0.25, 0.3) is 0 Å². The first-order valence-corrected chi connectivity index (χ1v) is 6.01. The zero-order valence-corrected chi connectivity index (χ0v) is 10.8. The van der Waals surface area contributed by atoms with Gasteiger partial charge < -0.3 is 5.73 Å². The highest BCUT2D eigenvalue weighted by atomic mass is 35.5. The van der Waals surface area contributed by atoms with Gasteiger partial charge in [0.1, 0.15) is 11.3 Å². The standard InChI is InChI=1S/C13H10ClFN4/c1-7-2-5-11-12(17-7)19(13(16)18-11)8-3-4-9(14)10(15)6-8/h2-6H,1H3,(H2,16,18). The van der Waals surface area contributed by atoms with Crippen molar-refractivity contribution in [1.82, 2.24) is 14.5 Å². The molecule has 0 amide bonds. The second-order valence-electron chi connectivity index (χ2n) is 4.20. The van der Waals surface area contributed by atoms with Gasteiger partial charge in [0.05, 0.1) is 10.7 Å². The Bertz CT molecular complexity index is 782. The molecular weight excluding hydrogens is 267 g/mol. The van der Waals surface area contributed by atoms with E-state index in [1.807, 2.05) is 19.1 Å². The average Bonchev–Trinajstić information content (AvgIpc) is 2.68. The second kappa shape index (κ2) is 4.20. The summed E-state index contributed by atoms with van der Waals surface area (Å²) >= 11 is 5.68. The van der Waals surface area contributed by atoms with E-state index < -0.39 is 5.82 Å². The van der Waals surface area contributed by atoms with E-state index in [9.17, 15) is 4.39 Å². The Kier molecular flexibility index (Phi) is 2.64. The number of aryl methyl sites for hydroxylation is 1. The van der Waals surface area contributed by atoms with Gasteiger partial charge in [-0.15, -0.1) is 0 Å². The van der Waals surface area contributed by atoms with Gasteiger partial charge in [0, 0.05) is 5.69 Å². The lowest BCUT2D eigenvalue weighted by molar-refractivity contribution is 0.627. The number of rotatable bonds is 1. The van der Waals surface area contributed by atoms with Gasteiger partial charge in [0.2, 0.25) is 5.95 Å². The predicted molar refractivity (Wildman–Crippen MR) is 73.0 cm³/mol. The van der Waals surface area contributed by atoms with E-state index in [4.69, 9.17) is 17.3 Å². The van der Waals surface area contributed by atoms with Crippen LogP contribution >= 0.6 is 11.6 Å². The van der Waals surface area contributed by atoms with Crippen LogP contribution in [0.5, 0.6) is 0 Å². The van der Waals surface area contributed by atoms with Crippen LogP contribution in [0.4, 0.5) is 10.3 Å². The van der Waals surface area contributed by atoms with Gasteiger partial charge in [-0.3, -0.25) is 4.57 Å². The van der Waals surface area contributed by atoms with Crippen LogP contribution in [0.1, 0.15) is 5.69 Å². The summed E-state index contributed by atoms with van der Waals surface area (Å²) in [7, 11) is 0. The van der Waals surface area contributed by atoms with Gasteiger partial charge in [-0.05, 0) is 37.3 Å². The van der Waals surface area contributed by atoms with Gasteiger partial charge in [-0.1, -0.05) is 11.6 Å². The SMILES string of the molecule is Cc1ccc2nc(N)n(-c3ccc(Cl)c(F)c3)c2n1. The second-order valence-corrected chi connectivity index (χ2v) is 4.61. The predicted octanol–water partition coefficient (Wildman–Crippen LogP) is 3.10. The normalized spacial score (nSPS) is 11.1. The molecule has 0 bridgehead atoms. The van der Waals surface area contributed by atoms with Crippen LogP contribution in [-0.4, -0.2) is 14.5 Å². The molecule has 3 rings (SSSR count). The Morgan fingerprint density at radius 3 is 2.74 bits per heavy atom. The van der Waals surface area contributed by atoms with Gasteiger partial charge in [-0.25, -0.2) is 14.4 Å². The Morgan fingerprint density at radius 1 is 1.21 bits per heavy atom. The fraction of sp³-hybridized carbons (Fsp3) is 0.0769. The van der Waals surface area contributed by atoms with E-state index in [-0.39, 0.29) is 11.0 Å². The minimum Gasteiger partial charge on any atom is -0.369 e. The number of pyridine rings is 1. The number of aromatic nitrogens is 3. The van der Waals surface area contributed by atoms with Crippen molar-refractivity contribution in [3.63, 3.8) is 0 Å². The molecule has 2 aromatic heterocycles. The molecule has 96 valence electrons. The summed E-state index contributed by atoms with van der Waals surface area (Å²) in [5.41, 5.74) is 8.52. The molecule has 0 atom stereocenters. The minimum absolute atomic E-state index is 0.0656. The maximum atomic E-state index is 13.6. The van der Waals surface area contributed by atoms with Crippen LogP contribution in [0.2, 0.25) is 5.02 Å². The quantitative estimate of drug-likeness (QED) is 0.743. The zero-order valence-electron chi connectivity index (χ0n) is 10.1. The number of hydrogen-bond donors (Lipinski definition) is 1. The first-order chi connectivity index (χ1) is 9.06. The molecule has 0 aliphatic rings. The maximum Gasteiger partial charge on any atom is 0.207 e. The summed E-state index contributed by atoms with van der Waals surface area (Å²) in [6.07, 6.45) is 0. The third kappa shape index (κ3) is 1.92. The third-order valence-corrected chi connectivity index (χ3v) is 3.14. The molecule has 0 spiro atoms. The molecule has 0 aliphatic heterocycles. The molecule has 6 heteroatoms. The first-order valence-electron chi connectivity index (χ1n) is 5.63. The molecule has 0 radical (unpaired) electrons. The number of anilines is 1.